The van der Waals surface area contributed by atoms with Crippen LogP contribution in [0.3, 0.4) is 0 Å². The standard InChI is InChI=1S/C20H20F3NO2/c1-26-17-7-4-5-14(11-17)12-19(25)24(16-9-10-16)13-15-6-2-3-8-18(15)20(21,22)23/h2-8,11,16H,9-10,12-13H2,1H3. The van der Waals surface area contributed by atoms with Gasteiger partial charge in [-0.2, -0.15) is 13.2 Å². The summed E-state index contributed by atoms with van der Waals surface area (Å²) in [6.07, 6.45) is -2.63. The maximum atomic E-state index is 13.2. The number of carbonyl (C=O) groups excluding carboxylic acids is 1. The number of rotatable bonds is 6. The van der Waals surface area contributed by atoms with Gasteiger partial charge in [-0.25, -0.2) is 0 Å². The first-order chi connectivity index (χ1) is 12.4. The third-order valence-corrected chi connectivity index (χ3v) is 4.46. The lowest BCUT2D eigenvalue weighted by molar-refractivity contribution is -0.140. The highest BCUT2D eigenvalue weighted by atomic mass is 19.4. The Morgan fingerprint density at radius 3 is 2.54 bits per heavy atom. The molecule has 2 aromatic rings. The molecule has 6 heteroatoms. The SMILES string of the molecule is COc1cccc(CC(=O)N(Cc2ccccc2C(F)(F)F)C2CC2)c1. The molecular weight excluding hydrogens is 343 g/mol. The van der Waals surface area contributed by atoms with Gasteiger partial charge in [0.2, 0.25) is 5.91 Å². The second-order valence-corrected chi connectivity index (χ2v) is 6.44. The summed E-state index contributed by atoms with van der Waals surface area (Å²) in [7, 11) is 1.55. The smallest absolute Gasteiger partial charge is 0.416 e. The highest BCUT2D eigenvalue weighted by Crippen LogP contribution is 2.35. The molecule has 0 atom stereocenters. The molecule has 26 heavy (non-hydrogen) atoms. The number of amides is 1. The van der Waals surface area contributed by atoms with E-state index in [4.69, 9.17) is 4.74 Å². The third kappa shape index (κ3) is 4.36. The van der Waals surface area contributed by atoms with Crippen molar-refractivity contribution in [2.24, 2.45) is 0 Å². The second kappa shape index (κ2) is 7.40. The zero-order valence-electron chi connectivity index (χ0n) is 14.4. The lowest BCUT2D eigenvalue weighted by atomic mass is 10.1. The number of halogens is 3. The molecule has 1 aliphatic carbocycles. The molecule has 3 rings (SSSR count). The predicted octanol–water partition coefficient (Wildman–Crippen LogP) is 4.45. The van der Waals surface area contributed by atoms with Crippen molar-refractivity contribution >= 4 is 5.91 Å². The first-order valence-electron chi connectivity index (χ1n) is 8.46. The number of carbonyl (C=O) groups is 1. The zero-order valence-corrected chi connectivity index (χ0v) is 14.4. The summed E-state index contributed by atoms with van der Waals surface area (Å²) < 4.78 is 44.8. The van der Waals surface area contributed by atoms with Crippen LogP contribution in [0, 0.1) is 0 Å². The molecule has 0 aromatic heterocycles. The Kier molecular flexibility index (Phi) is 5.20. The Morgan fingerprint density at radius 1 is 1.15 bits per heavy atom. The van der Waals surface area contributed by atoms with Gasteiger partial charge in [-0.05, 0) is 42.2 Å². The molecule has 138 valence electrons. The largest absolute Gasteiger partial charge is 0.497 e. The number of nitrogens with zero attached hydrogens (tertiary/aromatic N) is 1. The maximum Gasteiger partial charge on any atom is 0.416 e. The van der Waals surface area contributed by atoms with E-state index in [0.717, 1.165) is 24.5 Å². The van der Waals surface area contributed by atoms with E-state index in [0.29, 0.717) is 5.75 Å². The molecule has 0 saturated heterocycles. The third-order valence-electron chi connectivity index (χ3n) is 4.46. The van der Waals surface area contributed by atoms with Crippen molar-refractivity contribution in [3.63, 3.8) is 0 Å². The van der Waals surface area contributed by atoms with Gasteiger partial charge in [-0.1, -0.05) is 30.3 Å². The van der Waals surface area contributed by atoms with Crippen molar-refractivity contribution in [2.45, 2.75) is 38.0 Å². The van der Waals surface area contributed by atoms with Crippen LogP contribution in [0.5, 0.6) is 5.75 Å². The Hall–Kier alpha value is -2.50. The molecule has 3 nitrogen and oxygen atoms in total. The minimum Gasteiger partial charge on any atom is -0.497 e. The van der Waals surface area contributed by atoms with Crippen molar-refractivity contribution in [1.82, 2.24) is 4.90 Å². The van der Waals surface area contributed by atoms with Crippen molar-refractivity contribution in [1.29, 1.82) is 0 Å². The Balaban J connectivity index is 1.79. The van der Waals surface area contributed by atoms with E-state index in [1.54, 1.807) is 36.3 Å². The minimum atomic E-state index is -4.43. The summed E-state index contributed by atoms with van der Waals surface area (Å²) >= 11 is 0. The number of alkyl halides is 3. The predicted molar refractivity (Wildman–Crippen MR) is 91.7 cm³/mol. The van der Waals surface area contributed by atoms with Crippen LogP contribution in [0.1, 0.15) is 29.5 Å². The monoisotopic (exact) mass is 363 g/mol. The van der Waals surface area contributed by atoms with E-state index in [1.807, 2.05) is 6.07 Å². The van der Waals surface area contributed by atoms with E-state index in [1.165, 1.54) is 12.1 Å². The molecule has 0 N–H and O–H groups in total. The van der Waals surface area contributed by atoms with Gasteiger partial charge in [-0.15, -0.1) is 0 Å². The van der Waals surface area contributed by atoms with Crippen LogP contribution in [0.25, 0.3) is 0 Å². The molecule has 1 saturated carbocycles. The van der Waals surface area contributed by atoms with Crippen molar-refractivity contribution in [3.05, 3.63) is 65.2 Å². The van der Waals surface area contributed by atoms with E-state index in [-0.39, 0.29) is 30.5 Å². The average Bonchev–Trinajstić information content (AvgIpc) is 3.44. The van der Waals surface area contributed by atoms with Gasteiger partial charge in [-0.3, -0.25) is 4.79 Å². The molecule has 0 aliphatic heterocycles. The van der Waals surface area contributed by atoms with Gasteiger partial charge in [0, 0.05) is 12.6 Å². The summed E-state index contributed by atoms with van der Waals surface area (Å²) in [5.74, 6) is 0.480. The van der Waals surface area contributed by atoms with Gasteiger partial charge in [0.25, 0.3) is 0 Å². The summed E-state index contributed by atoms with van der Waals surface area (Å²) in [5.41, 5.74) is 0.231. The van der Waals surface area contributed by atoms with Gasteiger partial charge in [0.15, 0.2) is 0 Å². The first-order valence-corrected chi connectivity index (χ1v) is 8.46. The lowest BCUT2D eigenvalue weighted by Crippen LogP contribution is -2.34. The normalized spacial score (nSPS) is 14.2. The molecular formula is C20H20F3NO2. The highest BCUT2D eigenvalue weighted by molar-refractivity contribution is 5.79. The molecule has 0 radical (unpaired) electrons. The summed E-state index contributed by atoms with van der Waals surface area (Å²) in [4.78, 5) is 14.3. The van der Waals surface area contributed by atoms with Gasteiger partial charge in [0.1, 0.15) is 5.75 Å². The van der Waals surface area contributed by atoms with Crippen LogP contribution in [0.2, 0.25) is 0 Å². The molecule has 0 bridgehead atoms. The van der Waals surface area contributed by atoms with Gasteiger partial charge < -0.3 is 9.64 Å². The Morgan fingerprint density at radius 2 is 1.88 bits per heavy atom. The topological polar surface area (TPSA) is 29.5 Å². The zero-order chi connectivity index (χ0) is 18.7. The first kappa shape index (κ1) is 18.3. The number of methoxy groups -OCH3 is 1. The van der Waals surface area contributed by atoms with E-state index >= 15 is 0 Å². The Bertz CT molecular complexity index is 785. The second-order valence-electron chi connectivity index (χ2n) is 6.44. The van der Waals surface area contributed by atoms with Crippen LogP contribution >= 0.6 is 0 Å². The molecule has 2 aromatic carbocycles. The molecule has 1 amide bonds. The number of benzene rings is 2. The fraction of sp³-hybridized carbons (Fsp3) is 0.350. The van der Waals surface area contributed by atoms with E-state index < -0.39 is 11.7 Å². The number of hydrogen-bond donors (Lipinski definition) is 0. The van der Waals surface area contributed by atoms with Gasteiger partial charge >= 0.3 is 6.18 Å². The van der Waals surface area contributed by atoms with Crippen molar-refractivity contribution < 1.29 is 22.7 Å². The summed E-state index contributed by atoms with van der Waals surface area (Å²) in [5, 5.41) is 0. The van der Waals surface area contributed by atoms with Crippen LogP contribution in [0.15, 0.2) is 48.5 Å². The van der Waals surface area contributed by atoms with Crippen LogP contribution < -0.4 is 4.74 Å². The van der Waals surface area contributed by atoms with E-state index in [2.05, 4.69) is 0 Å². The van der Waals surface area contributed by atoms with Crippen LogP contribution in [0.4, 0.5) is 13.2 Å². The molecule has 1 aliphatic rings. The quantitative estimate of drug-likeness (QED) is 0.759. The molecule has 1 fully saturated rings. The maximum absolute atomic E-state index is 13.2. The Labute approximate surface area is 150 Å². The molecule has 0 unspecified atom stereocenters. The summed E-state index contributed by atoms with van der Waals surface area (Å²) in [6, 6.07) is 12.6. The number of ether oxygens (including phenoxy) is 1. The van der Waals surface area contributed by atoms with Crippen LogP contribution in [-0.4, -0.2) is 24.0 Å². The average molecular weight is 363 g/mol. The van der Waals surface area contributed by atoms with Crippen molar-refractivity contribution in [2.75, 3.05) is 7.11 Å². The van der Waals surface area contributed by atoms with E-state index in [9.17, 15) is 18.0 Å². The summed E-state index contributed by atoms with van der Waals surface area (Å²) in [6.45, 7) is -0.0247. The van der Waals surface area contributed by atoms with Gasteiger partial charge in [0.05, 0.1) is 19.1 Å². The molecule has 0 heterocycles. The fourth-order valence-electron chi connectivity index (χ4n) is 2.98. The molecule has 0 spiro atoms. The van der Waals surface area contributed by atoms with Crippen LogP contribution in [-0.2, 0) is 23.9 Å². The van der Waals surface area contributed by atoms with Crippen molar-refractivity contribution in [3.8, 4) is 5.75 Å². The minimum absolute atomic E-state index is 0.0226. The highest BCUT2D eigenvalue weighted by Gasteiger charge is 2.36. The fourth-order valence-corrected chi connectivity index (χ4v) is 2.98. The number of hydrogen-bond acceptors (Lipinski definition) is 2. The lowest BCUT2D eigenvalue weighted by Gasteiger charge is -2.24.